The number of halogens is 3. The Bertz CT molecular complexity index is 855. The predicted octanol–water partition coefficient (Wildman–Crippen LogP) is 7.20. The lowest BCUT2D eigenvalue weighted by Crippen LogP contribution is -2.38. The number of nitriles is 1. The summed E-state index contributed by atoms with van der Waals surface area (Å²) in [5, 5.41) is 10.1. The SMILES string of the molecule is CCCN(Cc1ccccc1)C(C)CCC(C#N)(c1ccccc1C(F)(F)F)C(C)C. The van der Waals surface area contributed by atoms with Crippen LogP contribution in [0.2, 0.25) is 0 Å². The van der Waals surface area contributed by atoms with Gasteiger partial charge in [-0.15, -0.1) is 0 Å². The Morgan fingerprint density at radius 1 is 0.935 bits per heavy atom. The number of alkyl halides is 3. The number of rotatable bonds is 10. The zero-order valence-corrected chi connectivity index (χ0v) is 18.9. The highest BCUT2D eigenvalue weighted by molar-refractivity contribution is 5.41. The molecule has 0 saturated carbocycles. The molecule has 0 radical (unpaired) electrons. The van der Waals surface area contributed by atoms with Gasteiger partial charge < -0.3 is 0 Å². The van der Waals surface area contributed by atoms with Crippen molar-refractivity contribution in [3.8, 4) is 6.07 Å². The van der Waals surface area contributed by atoms with Gasteiger partial charge in [-0.3, -0.25) is 4.90 Å². The molecule has 2 aromatic carbocycles. The molecule has 0 heterocycles. The largest absolute Gasteiger partial charge is 0.416 e. The van der Waals surface area contributed by atoms with Gasteiger partial charge >= 0.3 is 6.18 Å². The van der Waals surface area contributed by atoms with Crippen LogP contribution in [0.25, 0.3) is 0 Å². The minimum absolute atomic E-state index is 0.0947. The van der Waals surface area contributed by atoms with Gasteiger partial charge in [0, 0.05) is 12.6 Å². The molecule has 0 aliphatic rings. The fourth-order valence-corrected chi connectivity index (χ4v) is 4.28. The predicted molar refractivity (Wildman–Crippen MR) is 119 cm³/mol. The summed E-state index contributed by atoms with van der Waals surface area (Å²) in [5.41, 5.74) is -0.587. The average Bonchev–Trinajstić information content (AvgIpc) is 2.74. The Morgan fingerprint density at radius 2 is 1.52 bits per heavy atom. The molecule has 0 aliphatic carbocycles. The van der Waals surface area contributed by atoms with E-state index in [1.165, 1.54) is 17.7 Å². The van der Waals surface area contributed by atoms with Crippen LogP contribution in [-0.4, -0.2) is 17.5 Å². The normalized spacial score (nSPS) is 15.0. The van der Waals surface area contributed by atoms with Crippen molar-refractivity contribution >= 4 is 0 Å². The highest BCUT2D eigenvalue weighted by Crippen LogP contribution is 2.43. The van der Waals surface area contributed by atoms with E-state index in [4.69, 9.17) is 0 Å². The van der Waals surface area contributed by atoms with Gasteiger partial charge in [0.15, 0.2) is 0 Å². The van der Waals surface area contributed by atoms with Crippen LogP contribution >= 0.6 is 0 Å². The lowest BCUT2D eigenvalue weighted by molar-refractivity contribution is -0.138. The molecule has 0 aromatic heterocycles. The van der Waals surface area contributed by atoms with E-state index in [-0.39, 0.29) is 17.5 Å². The van der Waals surface area contributed by atoms with Crippen LogP contribution in [0.5, 0.6) is 0 Å². The molecule has 0 fully saturated rings. The Kier molecular flexibility index (Phi) is 8.70. The van der Waals surface area contributed by atoms with E-state index in [2.05, 4.69) is 36.9 Å². The van der Waals surface area contributed by atoms with E-state index in [0.29, 0.717) is 12.8 Å². The number of nitrogens with zero attached hydrogens (tertiary/aromatic N) is 2. The molecule has 0 spiro atoms. The number of hydrogen-bond acceptors (Lipinski definition) is 2. The second-order valence-electron chi connectivity index (χ2n) is 8.62. The van der Waals surface area contributed by atoms with E-state index >= 15 is 0 Å². The van der Waals surface area contributed by atoms with Crippen molar-refractivity contribution in [1.29, 1.82) is 5.26 Å². The van der Waals surface area contributed by atoms with Crippen molar-refractivity contribution < 1.29 is 13.2 Å². The molecule has 2 nitrogen and oxygen atoms in total. The molecule has 0 aliphatic heterocycles. The Labute approximate surface area is 184 Å². The monoisotopic (exact) mass is 430 g/mol. The van der Waals surface area contributed by atoms with Crippen LogP contribution in [0, 0.1) is 17.2 Å². The highest BCUT2D eigenvalue weighted by atomic mass is 19.4. The zero-order valence-electron chi connectivity index (χ0n) is 18.9. The fraction of sp³-hybridized carbons (Fsp3) is 0.500. The van der Waals surface area contributed by atoms with Gasteiger partial charge in [-0.25, -0.2) is 0 Å². The van der Waals surface area contributed by atoms with Crippen molar-refractivity contribution in [2.24, 2.45) is 5.92 Å². The minimum Gasteiger partial charge on any atom is -0.296 e. The van der Waals surface area contributed by atoms with Crippen LogP contribution in [0.1, 0.15) is 63.6 Å². The summed E-state index contributed by atoms with van der Waals surface area (Å²) in [7, 11) is 0. The van der Waals surface area contributed by atoms with E-state index in [0.717, 1.165) is 25.6 Å². The Balaban J connectivity index is 2.30. The maximum absolute atomic E-state index is 13.7. The van der Waals surface area contributed by atoms with Gasteiger partial charge in [-0.2, -0.15) is 18.4 Å². The molecule has 2 rings (SSSR count). The van der Waals surface area contributed by atoms with Gasteiger partial charge in [0.25, 0.3) is 0 Å². The molecular weight excluding hydrogens is 397 g/mol. The zero-order chi connectivity index (χ0) is 23.1. The van der Waals surface area contributed by atoms with Crippen molar-refractivity contribution in [3.05, 3.63) is 71.3 Å². The third-order valence-corrected chi connectivity index (χ3v) is 6.22. The molecule has 0 N–H and O–H groups in total. The van der Waals surface area contributed by atoms with Crippen LogP contribution in [0.3, 0.4) is 0 Å². The van der Waals surface area contributed by atoms with Crippen LogP contribution < -0.4 is 0 Å². The standard InChI is InChI=1S/C26H33F3N2/c1-5-17-31(18-22-11-7-6-8-12-22)21(4)15-16-25(19-30,20(2)3)23-13-9-10-14-24(23)26(27,28)29/h6-14,20-21H,5,15-18H2,1-4H3. The van der Waals surface area contributed by atoms with Gasteiger partial charge in [0.2, 0.25) is 0 Å². The highest BCUT2D eigenvalue weighted by Gasteiger charge is 2.43. The second-order valence-corrected chi connectivity index (χ2v) is 8.62. The summed E-state index contributed by atoms with van der Waals surface area (Å²) in [5.74, 6) is -0.248. The average molecular weight is 431 g/mol. The van der Waals surface area contributed by atoms with Crippen molar-refractivity contribution in [1.82, 2.24) is 4.90 Å². The topological polar surface area (TPSA) is 27.0 Å². The molecule has 0 amide bonds. The second kappa shape index (κ2) is 10.8. The smallest absolute Gasteiger partial charge is 0.296 e. The maximum atomic E-state index is 13.7. The summed E-state index contributed by atoms with van der Waals surface area (Å²) in [4.78, 5) is 2.35. The van der Waals surface area contributed by atoms with Crippen molar-refractivity contribution in [2.45, 2.75) is 71.1 Å². The molecule has 2 atom stereocenters. The summed E-state index contributed by atoms with van der Waals surface area (Å²) in [6.45, 7) is 9.60. The first kappa shape index (κ1) is 24.9. The Hall–Kier alpha value is -2.32. The first-order chi connectivity index (χ1) is 14.7. The van der Waals surface area contributed by atoms with Gasteiger partial charge in [-0.1, -0.05) is 69.3 Å². The molecule has 0 bridgehead atoms. The number of hydrogen-bond donors (Lipinski definition) is 0. The lowest BCUT2D eigenvalue weighted by atomic mass is 9.68. The van der Waals surface area contributed by atoms with E-state index < -0.39 is 17.2 Å². The van der Waals surface area contributed by atoms with Gasteiger partial charge in [0.05, 0.1) is 17.0 Å². The summed E-state index contributed by atoms with van der Waals surface area (Å²) in [6.07, 6.45) is -2.47. The molecule has 2 unspecified atom stereocenters. The molecular formula is C26H33F3N2. The summed E-state index contributed by atoms with van der Waals surface area (Å²) >= 11 is 0. The first-order valence-corrected chi connectivity index (χ1v) is 11.0. The first-order valence-electron chi connectivity index (χ1n) is 11.0. The molecule has 31 heavy (non-hydrogen) atoms. The quantitative estimate of drug-likeness (QED) is 0.398. The van der Waals surface area contributed by atoms with Gasteiger partial charge in [-0.05, 0) is 55.8 Å². The molecule has 2 aromatic rings. The van der Waals surface area contributed by atoms with Crippen LogP contribution in [-0.2, 0) is 18.1 Å². The maximum Gasteiger partial charge on any atom is 0.416 e. The van der Waals surface area contributed by atoms with Crippen LogP contribution in [0.4, 0.5) is 13.2 Å². The fourth-order valence-electron chi connectivity index (χ4n) is 4.28. The molecule has 0 saturated heterocycles. The molecule has 5 heteroatoms. The Morgan fingerprint density at radius 3 is 2.03 bits per heavy atom. The van der Waals surface area contributed by atoms with E-state index in [9.17, 15) is 18.4 Å². The molecule has 168 valence electrons. The summed E-state index contributed by atoms with van der Waals surface area (Å²) < 4.78 is 41.2. The van der Waals surface area contributed by atoms with Crippen molar-refractivity contribution in [2.75, 3.05) is 6.54 Å². The minimum atomic E-state index is -4.49. The van der Waals surface area contributed by atoms with Crippen LogP contribution in [0.15, 0.2) is 54.6 Å². The van der Waals surface area contributed by atoms with Crippen molar-refractivity contribution in [3.63, 3.8) is 0 Å². The third kappa shape index (κ3) is 6.11. The lowest BCUT2D eigenvalue weighted by Gasteiger charge is -2.36. The summed E-state index contributed by atoms with van der Waals surface area (Å²) in [6, 6.07) is 18.2. The van der Waals surface area contributed by atoms with Gasteiger partial charge in [0.1, 0.15) is 0 Å². The third-order valence-electron chi connectivity index (χ3n) is 6.22. The number of benzene rings is 2. The van der Waals surface area contributed by atoms with E-state index in [1.54, 1.807) is 6.07 Å². The van der Waals surface area contributed by atoms with E-state index in [1.807, 2.05) is 32.0 Å².